The number of methoxy groups -OCH3 is 1. The molecule has 0 aliphatic carbocycles. The van der Waals surface area contributed by atoms with E-state index < -0.39 is 0 Å². The number of aryl methyl sites for hydroxylation is 2. The number of carbonyl (C=O) groups excluding carboxylic acids is 2. The van der Waals surface area contributed by atoms with Crippen molar-refractivity contribution in [3.63, 3.8) is 0 Å². The third-order valence-electron chi connectivity index (χ3n) is 6.00. The maximum atomic E-state index is 12.6. The quantitative estimate of drug-likeness (QED) is 0.800. The first-order valence-corrected chi connectivity index (χ1v) is 9.40. The van der Waals surface area contributed by atoms with Gasteiger partial charge in [0.2, 0.25) is 5.91 Å². The molecule has 144 valence electrons. The van der Waals surface area contributed by atoms with Gasteiger partial charge in [0.1, 0.15) is 11.9 Å². The molecule has 1 spiro atoms. The zero-order valence-corrected chi connectivity index (χ0v) is 16.2. The number of aromatic nitrogens is 1. The third kappa shape index (κ3) is 3.49. The first-order valence-electron chi connectivity index (χ1n) is 9.40. The van der Waals surface area contributed by atoms with Gasteiger partial charge in [0.15, 0.2) is 0 Å². The van der Waals surface area contributed by atoms with Crippen molar-refractivity contribution < 1.29 is 18.8 Å². The molecule has 2 amide bonds. The first-order chi connectivity index (χ1) is 12.4. The highest BCUT2D eigenvalue weighted by molar-refractivity contribution is 5.81. The van der Waals surface area contributed by atoms with Crippen LogP contribution in [0.3, 0.4) is 0 Å². The smallest absolute Gasteiger partial charge is 0.251 e. The van der Waals surface area contributed by atoms with E-state index in [9.17, 15) is 9.59 Å². The highest BCUT2D eigenvalue weighted by Crippen LogP contribution is 2.42. The van der Waals surface area contributed by atoms with E-state index in [1.165, 1.54) is 0 Å². The summed E-state index contributed by atoms with van der Waals surface area (Å²) in [6.07, 6.45) is 2.62. The van der Waals surface area contributed by atoms with Crippen LogP contribution in [0.2, 0.25) is 0 Å². The molecule has 2 saturated heterocycles. The van der Waals surface area contributed by atoms with Crippen LogP contribution < -0.4 is 0 Å². The SMILES string of the molecule is CCC(OC)C(=O)N1CCC2(CC1)CC(=O)N(Cc1c(C)noc1C)C2. The van der Waals surface area contributed by atoms with Crippen LogP contribution in [0.5, 0.6) is 0 Å². The summed E-state index contributed by atoms with van der Waals surface area (Å²) in [6.45, 7) is 8.46. The molecule has 0 aromatic carbocycles. The van der Waals surface area contributed by atoms with Crippen molar-refractivity contribution in [2.75, 3.05) is 26.7 Å². The van der Waals surface area contributed by atoms with Crippen LogP contribution in [-0.2, 0) is 20.9 Å². The van der Waals surface area contributed by atoms with Crippen LogP contribution in [-0.4, -0.2) is 59.6 Å². The molecule has 1 unspecified atom stereocenters. The highest BCUT2D eigenvalue weighted by atomic mass is 16.5. The molecule has 2 aliphatic rings. The fraction of sp³-hybridized carbons (Fsp3) is 0.737. The molecule has 1 aromatic rings. The largest absolute Gasteiger partial charge is 0.372 e. The van der Waals surface area contributed by atoms with Crippen molar-refractivity contribution in [1.29, 1.82) is 0 Å². The van der Waals surface area contributed by atoms with Crippen molar-refractivity contribution >= 4 is 11.8 Å². The molecule has 26 heavy (non-hydrogen) atoms. The molecule has 0 bridgehead atoms. The molecule has 2 aliphatic heterocycles. The predicted molar refractivity (Wildman–Crippen MR) is 95.3 cm³/mol. The lowest BCUT2D eigenvalue weighted by atomic mass is 9.77. The molecule has 1 aromatic heterocycles. The van der Waals surface area contributed by atoms with Crippen LogP contribution in [0.1, 0.15) is 49.6 Å². The van der Waals surface area contributed by atoms with Crippen molar-refractivity contribution in [2.24, 2.45) is 5.41 Å². The Balaban J connectivity index is 1.61. The normalized spacial score (nSPS) is 20.8. The predicted octanol–water partition coefficient (Wildman–Crippen LogP) is 2.06. The third-order valence-corrected chi connectivity index (χ3v) is 6.00. The monoisotopic (exact) mass is 363 g/mol. The van der Waals surface area contributed by atoms with Crippen molar-refractivity contribution in [3.05, 3.63) is 17.0 Å². The fourth-order valence-corrected chi connectivity index (χ4v) is 4.23. The van der Waals surface area contributed by atoms with Gasteiger partial charge in [0, 0.05) is 44.1 Å². The second-order valence-electron chi connectivity index (χ2n) is 7.69. The van der Waals surface area contributed by atoms with E-state index in [1.54, 1.807) is 7.11 Å². The minimum atomic E-state index is -0.356. The summed E-state index contributed by atoms with van der Waals surface area (Å²) in [7, 11) is 1.58. The number of amides is 2. The van der Waals surface area contributed by atoms with E-state index in [0.29, 0.717) is 32.5 Å². The van der Waals surface area contributed by atoms with Gasteiger partial charge in [-0.05, 0) is 33.1 Å². The molecule has 1 atom stereocenters. The molecule has 7 nitrogen and oxygen atoms in total. The number of carbonyl (C=O) groups is 2. The van der Waals surface area contributed by atoms with Crippen LogP contribution in [0, 0.1) is 19.3 Å². The van der Waals surface area contributed by atoms with Crippen LogP contribution in [0.25, 0.3) is 0 Å². The maximum absolute atomic E-state index is 12.6. The first kappa shape index (κ1) is 18.9. The van der Waals surface area contributed by atoms with E-state index in [-0.39, 0.29) is 23.3 Å². The number of rotatable bonds is 5. The molecular formula is C19H29N3O4. The Hall–Kier alpha value is -1.89. The van der Waals surface area contributed by atoms with Gasteiger partial charge < -0.3 is 19.1 Å². The van der Waals surface area contributed by atoms with Gasteiger partial charge in [0.25, 0.3) is 5.91 Å². The molecule has 0 N–H and O–H groups in total. The van der Waals surface area contributed by atoms with E-state index in [0.717, 1.165) is 36.4 Å². The number of ether oxygens (including phenoxy) is 1. The average Bonchev–Trinajstić information content (AvgIpc) is 3.10. The lowest BCUT2D eigenvalue weighted by molar-refractivity contribution is -0.144. The molecule has 3 heterocycles. The summed E-state index contributed by atoms with van der Waals surface area (Å²) in [5.74, 6) is 1.04. The minimum Gasteiger partial charge on any atom is -0.372 e. The summed E-state index contributed by atoms with van der Waals surface area (Å²) in [5, 5.41) is 3.98. The standard InChI is InChI=1S/C19H29N3O4/c1-5-16(25-4)18(24)21-8-6-19(7-9-21)10-17(23)22(12-19)11-15-13(2)20-26-14(15)3/h16H,5-12H2,1-4H3. The minimum absolute atomic E-state index is 0.0123. The van der Waals surface area contributed by atoms with Crippen LogP contribution in [0.4, 0.5) is 0 Å². The topological polar surface area (TPSA) is 75.9 Å². The van der Waals surface area contributed by atoms with Gasteiger partial charge >= 0.3 is 0 Å². The number of piperidine rings is 1. The second kappa shape index (κ2) is 7.39. The average molecular weight is 363 g/mol. The van der Waals surface area contributed by atoms with Crippen molar-refractivity contribution in [3.8, 4) is 0 Å². The molecular weight excluding hydrogens is 334 g/mol. The van der Waals surface area contributed by atoms with Crippen molar-refractivity contribution in [2.45, 2.75) is 59.1 Å². The Labute approximate surface area is 154 Å². The highest BCUT2D eigenvalue weighted by Gasteiger charge is 2.46. The van der Waals surface area contributed by atoms with Gasteiger partial charge in [-0.2, -0.15) is 0 Å². The Morgan fingerprint density at radius 3 is 2.58 bits per heavy atom. The summed E-state index contributed by atoms with van der Waals surface area (Å²) >= 11 is 0. The Morgan fingerprint density at radius 2 is 2.04 bits per heavy atom. The van der Waals surface area contributed by atoms with Gasteiger partial charge in [-0.15, -0.1) is 0 Å². The molecule has 2 fully saturated rings. The second-order valence-corrected chi connectivity index (χ2v) is 7.69. The number of likely N-dealkylation sites (tertiary alicyclic amines) is 2. The summed E-state index contributed by atoms with van der Waals surface area (Å²) in [6, 6.07) is 0. The molecule has 7 heteroatoms. The van der Waals surface area contributed by atoms with Crippen molar-refractivity contribution in [1.82, 2.24) is 15.0 Å². The fourth-order valence-electron chi connectivity index (χ4n) is 4.23. The van der Waals surface area contributed by atoms with Gasteiger partial charge in [-0.25, -0.2) is 0 Å². The zero-order valence-electron chi connectivity index (χ0n) is 16.2. The van der Waals surface area contributed by atoms with E-state index in [4.69, 9.17) is 9.26 Å². The summed E-state index contributed by atoms with van der Waals surface area (Å²) < 4.78 is 10.5. The number of hydrogen-bond acceptors (Lipinski definition) is 5. The zero-order chi connectivity index (χ0) is 18.9. The van der Waals surface area contributed by atoms with E-state index in [1.807, 2.05) is 30.6 Å². The Morgan fingerprint density at radius 1 is 1.35 bits per heavy atom. The van der Waals surface area contributed by atoms with Gasteiger partial charge in [-0.1, -0.05) is 12.1 Å². The number of nitrogens with zero attached hydrogens (tertiary/aromatic N) is 3. The van der Waals surface area contributed by atoms with E-state index in [2.05, 4.69) is 5.16 Å². The molecule has 0 radical (unpaired) electrons. The maximum Gasteiger partial charge on any atom is 0.251 e. The molecule has 3 rings (SSSR count). The van der Waals surface area contributed by atoms with Gasteiger partial charge in [0.05, 0.1) is 12.2 Å². The lowest BCUT2D eigenvalue weighted by Gasteiger charge is -2.39. The van der Waals surface area contributed by atoms with E-state index >= 15 is 0 Å². The van der Waals surface area contributed by atoms with Gasteiger partial charge in [-0.3, -0.25) is 9.59 Å². The van der Waals surface area contributed by atoms with Crippen LogP contribution in [0.15, 0.2) is 4.52 Å². The number of hydrogen-bond donors (Lipinski definition) is 0. The summed E-state index contributed by atoms with van der Waals surface area (Å²) in [4.78, 5) is 28.9. The van der Waals surface area contributed by atoms with Crippen LogP contribution >= 0.6 is 0 Å². The Kier molecular flexibility index (Phi) is 5.37. The summed E-state index contributed by atoms with van der Waals surface area (Å²) in [5.41, 5.74) is 1.84. The lowest BCUT2D eigenvalue weighted by Crippen LogP contribution is -2.48. The molecule has 0 saturated carbocycles. The Bertz CT molecular complexity index is 653.